The molecule has 0 spiro atoms. The summed E-state index contributed by atoms with van der Waals surface area (Å²) in [5, 5.41) is 0. The molecule has 0 aliphatic heterocycles. The van der Waals surface area contributed by atoms with E-state index in [1.54, 1.807) is 6.92 Å². The number of rotatable bonds is 1. The lowest BCUT2D eigenvalue weighted by Crippen LogP contribution is -1.80. The van der Waals surface area contributed by atoms with Crippen LogP contribution in [0.5, 0.6) is 0 Å². The Labute approximate surface area is 40.6 Å². The summed E-state index contributed by atoms with van der Waals surface area (Å²) in [5.41, 5.74) is 0. The molecule has 0 aromatic rings. The normalized spacial score (nSPS) is 7.67. The highest BCUT2D eigenvalue weighted by molar-refractivity contribution is 6.25. The van der Waals surface area contributed by atoms with Crippen LogP contribution in [-0.4, -0.2) is 9.76 Å². The molecule has 0 aliphatic rings. The molecule has 0 atom stereocenters. The fourth-order valence-corrected chi connectivity index (χ4v) is 0.433. The number of hydrogen-bond donors (Lipinski definition) is 0. The van der Waals surface area contributed by atoms with E-state index < -0.39 is 0 Å². The Morgan fingerprint density at radius 3 is 2.50 bits per heavy atom. The fourth-order valence-electron chi connectivity index (χ4n) is 0.144. The van der Waals surface area contributed by atoms with E-state index in [2.05, 4.69) is 12.0 Å². The molecule has 0 aromatic heterocycles. The van der Waals surface area contributed by atoms with Gasteiger partial charge in [0, 0.05) is 6.92 Å². The highest BCUT2D eigenvalue weighted by Gasteiger charge is 1.61. The van der Waals surface area contributed by atoms with E-state index in [0.717, 1.165) is 0 Å². The van der Waals surface area contributed by atoms with Crippen LogP contribution < -0.4 is 0 Å². The first-order chi connectivity index (χ1) is 2.91. The molecule has 0 saturated carbocycles. The lowest BCUT2D eigenvalue weighted by atomic mass is 10.8. The van der Waals surface area contributed by atoms with Crippen LogP contribution in [0.4, 0.5) is 0 Å². The summed E-state index contributed by atoms with van der Waals surface area (Å²) in [6.45, 7) is 3.81. The van der Waals surface area contributed by atoms with Gasteiger partial charge in [-0.15, -0.1) is 0 Å². The van der Waals surface area contributed by atoms with Gasteiger partial charge in [0.2, 0.25) is 9.76 Å². The molecule has 0 radical (unpaired) electrons. The summed E-state index contributed by atoms with van der Waals surface area (Å²) >= 11 is 0. The molecule has 0 aliphatic carbocycles. The Hall–Kier alpha value is -0.423. The molecule has 0 bridgehead atoms. The zero-order valence-electron chi connectivity index (χ0n) is 4.12. The monoisotopic (exact) mass is 100 g/mol. The van der Waals surface area contributed by atoms with Gasteiger partial charge in [0.1, 0.15) is 0 Å². The van der Waals surface area contributed by atoms with Gasteiger partial charge >= 0.3 is 0 Å². The maximum absolute atomic E-state index is 4.76. The fraction of sp³-hybridized carbons (Fsp3) is 0.500. The first kappa shape index (κ1) is 5.58. The Morgan fingerprint density at radius 2 is 2.33 bits per heavy atom. The van der Waals surface area contributed by atoms with Gasteiger partial charge in [-0.25, -0.2) is 0 Å². The molecule has 34 valence electrons. The Morgan fingerprint density at radius 1 is 1.67 bits per heavy atom. The number of hydrogen-bond acceptors (Lipinski definition) is 1. The second kappa shape index (κ2) is 4.58. The summed E-state index contributed by atoms with van der Waals surface area (Å²) in [5.74, 6) is 2.63. The van der Waals surface area contributed by atoms with Gasteiger partial charge < -0.3 is 4.43 Å². The minimum absolute atomic E-state index is 0.271. The second-order valence-electron chi connectivity index (χ2n) is 0.785. The van der Waals surface area contributed by atoms with Crippen LogP contribution in [-0.2, 0) is 4.43 Å². The van der Waals surface area contributed by atoms with Crippen LogP contribution in [0.15, 0.2) is 0 Å². The SMILES string of the molecule is CC#CO[SiH2]C. The van der Waals surface area contributed by atoms with Gasteiger partial charge in [-0.2, -0.15) is 0 Å². The Bertz CT molecular complexity index is 69.4. The summed E-state index contributed by atoms with van der Waals surface area (Å²) < 4.78 is 4.76. The largest absolute Gasteiger partial charge is 0.509 e. The van der Waals surface area contributed by atoms with Crippen molar-refractivity contribution in [2.75, 3.05) is 0 Å². The van der Waals surface area contributed by atoms with Crippen LogP contribution in [0.25, 0.3) is 0 Å². The molecule has 6 heavy (non-hydrogen) atoms. The Balaban J connectivity index is 2.79. The Kier molecular flexibility index (Phi) is 4.25. The van der Waals surface area contributed by atoms with E-state index in [1.165, 1.54) is 0 Å². The van der Waals surface area contributed by atoms with Gasteiger partial charge in [-0.05, 0) is 6.55 Å². The van der Waals surface area contributed by atoms with E-state index >= 15 is 0 Å². The van der Waals surface area contributed by atoms with Crippen molar-refractivity contribution in [2.24, 2.45) is 0 Å². The lowest BCUT2D eigenvalue weighted by Gasteiger charge is -1.81. The first-order valence-electron chi connectivity index (χ1n) is 1.95. The molecule has 2 heteroatoms. The van der Waals surface area contributed by atoms with Crippen molar-refractivity contribution in [3.63, 3.8) is 0 Å². The van der Waals surface area contributed by atoms with Crippen molar-refractivity contribution in [3.05, 3.63) is 0 Å². The van der Waals surface area contributed by atoms with Crippen molar-refractivity contribution >= 4 is 9.76 Å². The van der Waals surface area contributed by atoms with E-state index in [-0.39, 0.29) is 9.76 Å². The summed E-state index contributed by atoms with van der Waals surface area (Å²) in [4.78, 5) is 0. The van der Waals surface area contributed by atoms with Gasteiger partial charge in [0.15, 0.2) is 0 Å². The highest BCUT2D eigenvalue weighted by Crippen LogP contribution is 1.58. The summed E-state index contributed by atoms with van der Waals surface area (Å²) in [6, 6.07) is 0. The van der Waals surface area contributed by atoms with E-state index in [1.807, 2.05) is 6.55 Å². The van der Waals surface area contributed by atoms with Crippen molar-refractivity contribution in [1.82, 2.24) is 0 Å². The van der Waals surface area contributed by atoms with E-state index in [0.29, 0.717) is 0 Å². The molecule has 0 rings (SSSR count). The zero-order valence-corrected chi connectivity index (χ0v) is 5.53. The molecular weight excluding hydrogens is 92.1 g/mol. The van der Waals surface area contributed by atoms with Gasteiger partial charge in [-0.3, -0.25) is 0 Å². The average Bonchev–Trinajstić information content (AvgIpc) is 1.61. The van der Waals surface area contributed by atoms with Crippen LogP contribution in [0.2, 0.25) is 6.55 Å². The smallest absolute Gasteiger partial charge is 0.232 e. The molecule has 0 fully saturated rings. The van der Waals surface area contributed by atoms with Crippen molar-refractivity contribution in [3.8, 4) is 12.0 Å². The van der Waals surface area contributed by atoms with Crippen molar-refractivity contribution in [2.45, 2.75) is 13.5 Å². The third-order valence-corrected chi connectivity index (χ3v) is 0.752. The van der Waals surface area contributed by atoms with Gasteiger partial charge in [0.05, 0.1) is 6.11 Å². The first-order valence-corrected chi connectivity index (χ1v) is 3.94. The predicted molar refractivity (Wildman–Crippen MR) is 28.9 cm³/mol. The van der Waals surface area contributed by atoms with Crippen LogP contribution >= 0.6 is 0 Å². The standard InChI is InChI=1S/C4H8OSi/c1-3-4-5-6-2/h6H2,1-2H3. The maximum Gasteiger partial charge on any atom is 0.232 e. The lowest BCUT2D eigenvalue weighted by molar-refractivity contribution is 0.562. The molecule has 0 heterocycles. The highest BCUT2D eigenvalue weighted by atomic mass is 28.2. The molecule has 1 nitrogen and oxygen atoms in total. The molecule has 0 amide bonds. The minimum Gasteiger partial charge on any atom is -0.509 e. The van der Waals surface area contributed by atoms with E-state index in [9.17, 15) is 0 Å². The third-order valence-electron chi connectivity index (χ3n) is 0.319. The van der Waals surface area contributed by atoms with Crippen LogP contribution in [0, 0.1) is 12.0 Å². The van der Waals surface area contributed by atoms with Crippen molar-refractivity contribution < 1.29 is 4.43 Å². The minimum atomic E-state index is -0.271. The molecule has 0 N–H and O–H groups in total. The topological polar surface area (TPSA) is 9.23 Å². The molecule has 0 unspecified atom stereocenters. The molecule has 0 aromatic carbocycles. The summed E-state index contributed by atoms with van der Waals surface area (Å²) in [7, 11) is -0.271. The van der Waals surface area contributed by atoms with Gasteiger partial charge in [0.25, 0.3) is 0 Å². The van der Waals surface area contributed by atoms with Crippen LogP contribution in [0.3, 0.4) is 0 Å². The third kappa shape index (κ3) is 3.58. The van der Waals surface area contributed by atoms with E-state index in [4.69, 9.17) is 4.43 Å². The zero-order chi connectivity index (χ0) is 4.83. The summed E-state index contributed by atoms with van der Waals surface area (Å²) in [6.07, 6.45) is 2.51. The average molecular weight is 100 g/mol. The van der Waals surface area contributed by atoms with Crippen molar-refractivity contribution in [1.29, 1.82) is 0 Å². The predicted octanol–water partition coefficient (Wildman–Crippen LogP) is 0.116. The van der Waals surface area contributed by atoms with Crippen LogP contribution in [0.1, 0.15) is 6.92 Å². The second-order valence-corrected chi connectivity index (χ2v) is 1.65. The molecule has 0 saturated heterocycles. The quantitative estimate of drug-likeness (QED) is 0.336. The van der Waals surface area contributed by atoms with Gasteiger partial charge in [-0.1, -0.05) is 5.92 Å². The molecular formula is C4H8OSi. The maximum atomic E-state index is 4.76.